The summed E-state index contributed by atoms with van der Waals surface area (Å²) in [5.41, 5.74) is 1.11. The number of alkyl halides is 3. The van der Waals surface area contributed by atoms with Crippen LogP contribution in [0.15, 0.2) is 24.3 Å². The van der Waals surface area contributed by atoms with E-state index in [2.05, 4.69) is 17.5 Å². The van der Waals surface area contributed by atoms with E-state index >= 15 is 0 Å². The van der Waals surface area contributed by atoms with Gasteiger partial charge in [-0.15, -0.1) is 0 Å². The highest BCUT2D eigenvalue weighted by Gasteiger charge is 2.34. The molecule has 0 aliphatic carbocycles. The molecule has 1 rings (SSSR count). The van der Waals surface area contributed by atoms with Crippen molar-refractivity contribution in [3.8, 4) is 0 Å². The Morgan fingerprint density at radius 3 is 2.36 bits per heavy atom. The third-order valence-corrected chi connectivity index (χ3v) is 1.98. The largest absolute Gasteiger partial charge is 0.441 e. The first-order valence-electron chi connectivity index (χ1n) is 3.85. The number of rotatable bonds is 1. The molecule has 0 saturated heterocycles. The van der Waals surface area contributed by atoms with Crippen molar-refractivity contribution in [1.82, 2.24) is 0 Å². The lowest BCUT2D eigenvalue weighted by atomic mass is 10.2. The van der Waals surface area contributed by atoms with Gasteiger partial charge >= 0.3 is 6.18 Å². The highest BCUT2D eigenvalue weighted by Crippen LogP contribution is 2.21. The van der Waals surface area contributed by atoms with Gasteiger partial charge in [-0.25, -0.2) is 0 Å². The highest BCUT2D eigenvalue weighted by molar-refractivity contribution is 7.80. The third-order valence-electron chi connectivity index (χ3n) is 1.65. The summed E-state index contributed by atoms with van der Waals surface area (Å²) in [6.07, 6.45) is -4.47. The van der Waals surface area contributed by atoms with E-state index in [1.165, 1.54) is 0 Å². The Morgan fingerprint density at radius 2 is 1.86 bits per heavy atom. The Labute approximate surface area is 84.9 Å². The second kappa shape index (κ2) is 3.96. The van der Waals surface area contributed by atoms with E-state index in [-0.39, 0.29) is 0 Å². The predicted molar refractivity (Wildman–Crippen MR) is 53.5 cm³/mol. The number of hydrogen-bond acceptors (Lipinski definition) is 1. The molecular weight excluding hydrogens is 211 g/mol. The van der Waals surface area contributed by atoms with Gasteiger partial charge in [-0.2, -0.15) is 13.2 Å². The molecule has 0 aliphatic rings. The van der Waals surface area contributed by atoms with Crippen molar-refractivity contribution < 1.29 is 13.2 Å². The fourth-order valence-electron chi connectivity index (χ4n) is 0.906. The van der Waals surface area contributed by atoms with E-state index in [0.29, 0.717) is 5.69 Å². The van der Waals surface area contributed by atoms with Gasteiger partial charge < -0.3 is 5.32 Å². The van der Waals surface area contributed by atoms with E-state index in [1.807, 2.05) is 0 Å². The van der Waals surface area contributed by atoms with Crippen molar-refractivity contribution in [3.05, 3.63) is 29.8 Å². The minimum absolute atomic E-state index is 0.384. The standard InChI is InChI=1S/C9H8F3NS/c1-6-4-2-3-5-7(6)13-8(14)9(10,11)12/h2-5H,1H3,(H,13,14). The van der Waals surface area contributed by atoms with E-state index < -0.39 is 11.2 Å². The molecule has 0 saturated carbocycles. The van der Waals surface area contributed by atoms with E-state index in [4.69, 9.17) is 0 Å². The van der Waals surface area contributed by atoms with Crippen LogP contribution in [0.2, 0.25) is 0 Å². The highest BCUT2D eigenvalue weighted by atomic mass is 32.1. The van der Waals surface area contributed by atoms with Crippen LogP contribution in [-0.2, 0) is 0 Å². The van der Waals surface area contributed by atoms with Crippen molar-refractivity contribution in [2.75, 3.05) is 5.32 Å². The van der Waals surface area contributed by atoms with Crippen LogP contribution in [0.5, 0.6) is 0 Å². The molecule has 0 spiro atoms. The number of nitrogens with one attached hydrogen (secondary N) is 1. The van der Waals surface area contributed by atoms with Crippen molar-refractivity contribution in [2.45, 2.75) is 13.1 Å². The van der Waals surface area contributed by atoms with Crippen LogP contribution < -0.4 is 5.32 Å². The maximum atomic E-state index is 12.1. The van der Waals surface area contributed by atoms with Crippen LogP contribution in [0.3, 0.4) is 0 Å². The van der Waals surface area contributed by atoms with E-state index in [0.717, 1.165) is 5.56 Å². The maximum Gasteiger partial charge on any atom is 0.441 e. The zero-order valence-electron chi connectivity index (χ0n) is 7.35. The summed E-state index contributed by atoms with van der Waals surface area (Å²) in [7, 11) is 0. The molecule has 1 N–H and O–H groups in total. The van der Waals surface area contributed by atoms with E-state index in [1.54, 1.807) is 31.2 Å². The van der Waals surface area contributed by atoms with Crippen LogP contribution in [0, 0.1) is 6.92 Å². The van der Waals surface area contributed by atoms with Gasteiger partial charge in [0.2, 0.25) is 0 Å². The SMILES string of the molecule is Cc1ccccc1NC(=S)C(F)(F)F. The maximum absolute atomic E-state index is 12.1. The minimum Gasteiger partial charge on any atom is -0.342 e. The lowest BCUT2D eigenvalue weighted by Crippen LogP contribution is -2.28. The van der Waals surface area contributed by atoms with Gasteiger partial charge in [-0.1, -0.05) is 30.4 Å². The number of anilines is 1. The van der Waals surface area contributed by atoms with Crippen LogP contribution in [0.25, 0.3) is 0 Å². The first kappa shape index (κ1) is 11.0. The molecule has 0 unspecified atom stereocenters. The average Bonchev–Trinajstić information content (AvgIpc) is 2.07. The Morgan fingerprint density at radius 1 is 1.29 bits per heavy atom. The Hall–Kier alpha value is -1.10. The molecule has 0 aromatic heterocycles. The molecule has 1 nitrogen and oxygen atoms in total. The molecule has 1 aromatic carbocycles. The molecule has 14 heavy (non-hydrogen) atoms. The second-order valence-electron chi connectivity index (χ2n) is 2.77. The number of hydrogen-bond donors (Lipinski definition) is 1. The van der Waals surface area contributed by atoms with Crippen LogP contribution in [-0.4, -0.2) is 11.2 Å². The van der Waals surface area contributed by atoms with Gasteiger partial charge in [-0.3, -0.25) is 0 Å². The average molecular weight is 219 g/mol. The summed E-state index contributed by atoms with van der Waals surface area (Å²) in [4.78, 5) is -1.12. The summed E-state index contributed by atoms with van der Waals surface area (Å²) in [6.45, 7) is 1.71. The second-order valence-corrected chi connectivity index (χ2v) is 3.18. The first-order valence-corrected chi connectivity index (χ1v) is 4.26. The summed E-state index contributed by atoms with van der Waals surface area (Å²) in [6, 6.07) is 6.65. The van der Waals surface area contributed by atoms with Gasteiger partial charge in [0.15, 0.2) is 4.99 Å². The Balaban J connectivity index is 2.80. The number of para-hydroxylation sites is 1. The third kappa shape index (κ3) is 2.70. The molecule has 0 fully saturated rings. The first-order chi connectivity index (χ1) is 6.41. The molecule has 0 radical (unpaired) electrons. The predicted octanol–water partition coefficient (Wildman–Crippen LogP) is 3.30. The molecule has 0 bridgehead atoms. The number of thiocarbonyl (C=S) groups is 1. The lowest BCUT2D eigenvalue weighted by molar-refractivity contribution is -0.0562. The normalized spacial score (nSPS) is 11.1. The van der Waals surface area contributed by atoms with Crippen molar-refractivity contribution in [2.24, 2.45) is 0 Å². The number of benzene rings is 1. The lowest BCUT2D eigenvalue weighted by Gasteiger charge is -2.12. The zero-order valence-corrected chi connectivity index (χ0v) is 8.17. The number of aryl methyl sites for hydroxylation is 1. The summed E-state index contributed by atoms with van der Waals surface area (Å²) < 4.78 is 36.2. The van der Waals surface area contributed by atoms with Crippen molar-refractivity contribution in [1.29, 1.82) is 0 Å². The molecule has 0 aliphatic heterocycles. The number of halogens is 3. The summed E-state index contributed by atoms with van der Waals surface area (Å²) >= 11 is 4.20. The van der Waals surface area contributed by atoms with Crippen LogP contribution in [0.1, 0.15) is 5.56 Å². The van der Waals surface area contributed by atoms with Crippen LogP contribution >= 0.6 is 12.2 Å². The topological polar surface area (TPSA) is 12.0 Å². The molecule has 1 aromatic rings. The van der Waals surface area contributed by atoms with Gasteiger partial charge in [0.1, 0.15) is 0 Å². The molecule has 0 heterocycles. The molecular formula is C9H8F3NS. The monoisotopic (exact) mass is 219 g/mol. The molecule has 76 valence electrons. The van der Waals surface area contributed by atoms with Gasteiger partial charge in [0.25, 0.3) is 0 Å². The summed E-state index contributed by atoms with van der Waals surface area (Å²) in [5, 5.41) is 2.16. The van der Waals surface area contributed by atoms with E-state index in [9.17, 15) is 13.2 Å². The Kier molecular flexibility index (Phi) is 3.10. The molecule has 0 amide bonds. The van der Waals surface area contributed by atoms with Crippen molar-refractivity contribution >= 4 is 22.9 Å². The minimum atomic E-state index is -4.47. The molecule has 0 atom stereocenters. The van der Waals surface area contributed by atoms with Gasteiger partial charge in [0, 0.05) is 5.69 Å². The fourth-order valence-corrected chi connectivity index (χ4v) is 1.02. The zero-order chi connectivity index (χ0) is 10.8. The van der Waals surface area contributed by atoms with Gasteiger partial charge in [-0.05, 0) is 18.6 Å². The smallest absolute Gasteiger partial charge is 0.342 e. The van der Waals surface area contributed by atoms with Crippen molar-refractivity contribution in [3.63, 3.8) is 0 Å². The summed E-state index contributed by atoms with van der Waals surface area (Å²) in [5.74, 6) is 0. The quantitative estimate of drug-likeness (QED) is 0.727. The Bertz CT molecular complexity index is 346. The van der Waals surface area contributed by atoms with Gasteiger partial charge in [0.05, 0.1) is 0 Å². The fraction of sp³-hybridized carbons (Fsp3) is 0.222. The molecule has 5 heteroatoms. The van der Waals surface area contributed by atoms with Crippen LogP contribution in [0.4, 0.5) is 18.9 Å².